The van der Waals surface area contributed by atoms with Gasteiger partial charge in [-0.1, -0.05) is 25.8 Å². The number of anilines is 1. The molecule has 1 aromatic rings. The van der Waals surface area contributed by atoms with Crippen molar-refractivity contribution < 1.29 is 13.6 Å². The number of halogens is 2. The van der Waals surface area contributed by atoms with Crippen LogP contribution in [0.1, 0.15) is 32.6 Å². The van der Waals surface area contributed by atoms with E-state index in [-0.39, 0.29) is 17.5 Å². The zero-order chi connectivity index (χ0) is 13.1. The van der Waals surface area contributed by atoms with Gasteiger partial charge < -0.3 is 5.32 Å². The van der Waals surface area contributed by atoms with Crippen LogP contribution in [0.5, 0.6) is 0 Å². The number of amides is 1. The summed E-state index contributed by atoms with van der Waals surface area (Å²) in [5.41, 5.74) is -0.340. The van der Waals surface area contributed by atoms with Gasteiger partial charge in [0.2, 0.25) is 5.91 Å². The van der Waals surface area contributed by atoms with E-state index in [4.69, 9.17) is 0 Å². The first-order chi connectivity index (χ1) is 8.59. The lowest BCUT2D eigenvalue weighted by Crippen LogP contribution is -2.26. The van der Waals surface area contributed by atoms with Crippen molar-refractivity contribution in [3.63, 3.8) is 0 Å². The second-order valence-electron chi connectivity index (χ2n) is 4.92. The number of rotatable bonds is 3. The van der Waals surface area contributed by atoms with Crippen molar-refractivity contribution in [2.75, 3.05) is 5.32 Å². The maximum Gasteiger partial charge on any atom is 0.227 e. The van der Waals surface area contributed by atoms with Crippen molar-refractivity contribution in [3.8, 4) is 0 Å². The van der Waals surface area contributed by atoms with Crippen LogP contribution in [-0.4, -0.2) is 5.91 Å². The highest BCUT2D eigenvalue weighted by atomic mass is 19.1. The van der Waals surface area contributed by atoms with E-state index in [2.05, 4.69) is 5.32 Å². The molecule has 2 nitrogen and oxygen atoms in total. The highest BCUT2D eigenvalue weighted by Crippen LogP contribution is 2.32. The normalized spacial score (nSPS) is 17.7. The summed E-state index contributed by atoms with van der Waals surface area (Å²) in [7, 11) is 0. The lowest BCUT2D eigenvalue weighted by molar-refractivity contribution is -0.120. The van der Waals surface area contributed by atoms with Crippen molar-refractivity contribution >= 4 is 11.6 Å². The molecule has 1 atom stereocenters. The van der Waals surface area contributed by atoms with Gasteiger partial charge in [0.05, 0.1) is 0 Å². The first kappa shape index (κ1) is 13.0. The molecule has 98 valence electrons. The van der Waals surface area contributed by atoms with Crippen molar-refractivity contribution in [3.05, 3.63) is 29.8 Å². The average Bonchev–Trinajstić information content (AvgIpc) is 2.86. The van der Waals surface area contributed by atoms with Gasteiger partial charge in [-0.15, -0.1) is 0 Å². The van der Waals surface area contributed by atoms with Crippen molar-refractivity contribution in [2.45, 2.75) is 32.6 Å². The summed E-state index contributed by atoms with van der Waals surface area (Å²) < 4.78 is 26.8. The Morgan fingerprint density at radius 1 is 1.28 bits per heavy atom. The summed E-state index contributed by atoms with van der Waals surface area (Å²) >= 11 is 0. The molecule has 1 unspecified atom stereocenters. The molecule has 1 aliphatic rings. The molecule has 0 heterocycles. The molecule has 0 aliphatic heterocycles. The summed E-state index contributed by atoms with van der Waals surface area (Å²) in [6.45, 7) is 1.82. The predicted octanol–water partition coefficient (Wildman–Crippen LogP) is 3.73. The minimum absolute atomic E-state index is 0.202. The largest absolute Gasteiger partial charge is 0.321 e. The first-order valence-corrected chi connectivity index (χ1v) is 6.34. The van der Waals surface area contributed by atoms with E-state index < -0.39 is 11.6 Å². The molecule has 0 radical (unpaired) electrons. The van der Waals surface area contributed by atoms with E-state index in [0.717, 1.165) is 37.8 Å². The minimum atomic E-state index is -0.734. The van der Waals surface area contributed by atoms with Crippen LogP contribution in [0.3, 0.4) is 0 Å². The van der Waals surface area contributed by atoms with Gasteiger partial charge in [-0.3, -0.25) is 4.79 Å². The van der Waals surface area contributed by atoms with E-state index in [0.29, 0.717) is 5.92 Å². The molecule has 4 heteroatoms. The average molecular weight is 253 g/mol. The standard InChI is InChI=1S/C14H17F2NO/c1-9(10-5-2-3-6-10)14(18)17-13-11(15)7-4-8-12(13)16/h4,7-10H,2-3,5-6H2,1H3,(H,17,18). The first-order valence-electron chi connectivity index (χ1n) is 6.34. The van der Waals surface area contributed by atoms with Crippen molar-refractivity contribution in [2.24, 2.45) is 11.8 Å². The molecule has 0 spiro atoms. The van der Waals surface area contributed by atoms with Crippen LogP contribution in [0, 0.1) is 23.5 Å². The molecule has 2 rings (SSSR count). The summed E-state index contributed by atoms with van der Waals surface area (Å²) in [4.78, 5) is 12.0. The lowest BCUT2D eigenvalue weighted by Gasteiger charge is -2.18. The molecule has 1 aliphatic carbocycles. The fourth-order valence-electron chi connectivity index (χ4n) is 2.53. The number of hydrogen-bond acceptors (Lipinski definition) is 1. The van der Waals surface area contributed by atoms with E-state index >= 15 is 0 Å². The number of benzene rings is 1. The Kier molecular flexibility index (Phi) is 3.94. The van der Waals surface area contributed by atoms with Crippen LogP contribution < -0.4 is 5.32 Å². The quantitative estimate of drug-likeness (QED) is 0.873. The lowest BCUT2D eigenvalue weighted by atomic mass is 9.92. The third-order valence-electron chi connectivity index (χ3n) is 3.73. The number of carbonyl (C=O) groups excluding carboxylic acids is 1. The molecule has 0 bridgehead atoms. The molecule has 1 fully saturated rings. The van der Waals surface area contributed by atoms with Crippen LogP contribution in [0.15, 0.2) is 18.2 Å². The Balaban J connectivity index is 2.06. The second-order valence-corrected chi connectivity index (χ2v) is 4.92. The Labute approximate surface area is 105 Å². The van der Waals surface area contributed by atoms with Gasteiger partial charge in [0.25, 0.3) is 0 Å². The van der Waals surface area contributed by atoms with E-state index in [1.165, 1.54) is 6.07 Å². The Morgan fingerprint density at radius 2 is 1.83 bits per heavy atom. The molecule has 1 N–H and O–H groups in total. The van der Waals surface area contributed by atoms with Crippen molar-refractivity contribution in [1.29, 1.82) is 0 Å². The topological polar surface area (TPSA) is 29.1 Å². The predicted molar refractivity (Wildman–Crippen MR) is 66.1 cm³/mol. The highest BCUT2D eigenvalue weighted by Gasteiger charge is 2.27. The fraction of sp³-hybridized carbons (Fsp3) is 0.500. The Hall–Kier alpha value is -1.45. The van der Waals surface area contributed by atoms with Crippen LogP contribution in [0.2, 0.25) is 0 Å². The number of carbonyl (C=O) groups is 1. The summed E-state index contributed by atoms with van der Waals surface area (Å²) in [5.74, 6) is -1.64. The minimum Gasteiger partial charge on any atom is -0.321 e. The fourth-order valence-corrected chi connectivity index (χ4v) is 2.53. The van der Waals surface area contributed by atoms with Gasteiger partial charge in [0, 0.05) is 5.92 Å². The van der Waals surface area contributed by atoms with Crippen LogP contribution in [0.25, 0.3) is 0 Å². The molecule has 1 aromatic carbocycles. The Morgan fingerprint density at radius 3 is 2.39 bits per heavy atom. The van der Waals surface area contributed by atoms with E-state index in [1.54, 1.807) is 0 Å². The highest BCUT2D eigenvalue weighted by molar-refractivity contribution is 5.92. The number of para-hydroxylation sites is 1. The van der Waals surface area contributed by atoms with Crippen LogP contribution in [-0.2, 0) is 4.79 Å². The third kappa shape index (κ3) is 2.68. The molecule has 0 saturated heterocycles. The smallest absolute Gasteiger partial charge is 0.227 e. The van der Waals surface area contributed by atoms with Gasteiger partial charge in [-0.05, 0) is 30.9 Å². The maximum atomic E-state index is 13.4. The molecular weight excluding hydrogens is 236 g/mol. The SMILES string of the molecule is CC(C(=O)Nc1c(F)cccc1F)C1CCCC1. The van der Waals surface area contributed by atoms with Gasteiger partial charge >= 0.3 is 0 Å². The van der Waals surface area contributed by atoms with Gasteiger partial charge in [0.1, 0.15) is 17.3 Å². The summed E-state index contributed by atoms with van der Waals surface area (Å²) in [6.07, 6.45) is 4.31. The number of hydrogen-bond donors (Lipinski definition) is 1. The van der Waals surface area contributed by atoms with Crippen LogP contribution >= 0.6 is 0 Å². The molecular formula is C14H17F2NO. The summed E-state index contributed by atoms with van der Waals surface area (Å²) in [6, 6.07) is 3.55. The number of nitrogens with one attached hydrogen (secondary N) is 1. The van der Waals surface area contributed by atoms with Gasteiger partial charge in [0.15, 0.2) is 0 Å². The monoisotopic (exact) mass is 253 g/mol. The molecule has 18 heavy (non-hydrogen) atoms. The zero-order valence-electron chi connectivity index (χ0n) is 10.4. The van der Waals surface area contributed by atoms with Crippen LogP contribution in [0.4, 0.5) is 14.5 Å². The Bertz CT molecular complexity index is 421. The molecule has 1 saturated carbocycles. The molecule has 1 amide bonds. The third-order valence-corrected chi connectivity index (χ3v) is 3.73. The maximum absolute atomic E-state index is 13.4. The second kappa shape index (κ2) is 5.46. The van der Waals surface area contributed by atoms with Gasteiger partial charge in [-0.25, -0.2) is 8.78 Å². The zero-order valence-corrected chi connectivity index (χ0v) is 10.4. The van der Waals surface area contributed by atoms with E-state index in [1.807, 2.05) is 6.92 Å². The summed E-state index contributed by atoms with van der Waals surface area (Å²) in [5, 5.41) is 2.37. The van der Waals surface area contributed by atoms with Gasteiger partial charge in [-0.2, -0.15) is 0 Å². The van der Waals surface area contributed by atoms with Crippen molar-refractivity contribution in [1.82, 2.24) is 0 Å². The van der Waals surface area contributed by atoms with E-state index in [9.17, 15) is 13.6 Å². The molecule has 0 aromatic heterocycles.